The first kappa shape index (κ1) is 8.02. The van der Waals surface area contributed by atoms with Crippen molar-refractivity contribution in [1.82, 2.24) is 4.98 Å². The topological polar surface area (TPSA) is 74.7 Å². The van der Waals surface area contributed by atoms with Crippen molar-refractivity contribution in [3.8, 4) is 6.07 Å². The number of hydrogen-bond donors (Lipinski definition) is 2. The summed E-state index contributed by atoms with van der Waals surface area (Å²) >= 11 is 0. The van der Waals surface area contributed by atoms with Gasteiger partial charge in [-0.1, -0.05) is 0 Å². The molecule has 4 nitrogen and oxygen atoms in total. The lowest BCUT2D eigenvalue weighted by molar-refractivity contribution is 0.996. The molecule has 1 aliphatic carbocycles. The standard InChI is InChI=1S/C9H10N4/c10-5-6-1-2-12-9(3-6)13-8-4-7(8)11/h1-3,7-8H,4,11H2,(H,12,13). The van der Waals surface area contributed by atoms with Crippen LogP contribution in [0.25, 0.3) is 0 Å². The van der Waals surface area contributed by atoms with E-state index >= 15 is 0 Å². The highest BCUT2D eigenvalue weighted by Gasteiger charge is 2.33. The van der Waals surface area contributed by atoms with Crippen LogP contribution in [-0.4, -0.2) is 17.1 Å². The van der Waals surface area contributed by atoms with Crippen LogP contribution in [0.1, 0.15) is 12.0 Å². The average molecular weight is 174 g/mol. The third-order valence-corrected chi connectivity index (χ3v) is 2.06. The summed E-state index contributed by atoms with van der Waals surface area (Å²) in [6.45, 7) is 0. The van der Waals surface area contributed by atoms with Crippen molar-refractivity contribution in [3.05, 3.63) is 23.9 Å². The highest BCUT2D eigenvalue weighted by atomic mass is 15.1. The minimum atomic E-state index is 0.243. The maximum Gasteiger partial charge on any atom is 0.127 e. The monoisotopic (exact) mass is 174 g/mol. The summed E-state index contributed by atoms with van der Waals surface area (Å²) in [6, 6.07) is 6.04. The highest BCUT2D eigenvalue weighted by molar-refractivity contribution is 5.44. The van der Waals surface area contributed by atoms with Crippen LogP contribution in [0.15, 0.2) is 18.3 Å². The van der Waals surface area contributed by atoms with Gasteiger partial charge in [0.2, 0.25) is 0 Å². The van der Waals surface area contributed by atoms with Gasteiger partial charge in [-0.15, -0.1) is 0 Å². The summed E-state index contributed by atoms with van der Waals surface area (Å²) in [6.07, 6.45) is 2.60. The van der Waals surface area contributed by atoms with Crippen molar-refractivity contribution in [2.24, 2.45) is 5.73 Å². The molecule has 1 aliphatic rings. The van der Waals surface area contributed by atoms with Gasteiger partial charge < -0.3 is 11.1 Å². The highest BCUT2D eigenvalue weighted by Crippen LogP contribution is 2.22. The van der Waals surface area contributed by atoms with Crippen LogP contribution in [0.5, 0.6) is 0 Å². The molecule has 1 saturated carbocycles. The van der Waals surface area contributed by atoms with Crippen LogP contribution in [0, 0.1) is 11.3 Å². The zero-order valence-electron chi connectivity index (χ0n) is 7.07. The van der Waals surface area contributed by atoms with Crippen LogP contribution in [0.2, 0.25) is 0 Å². The van der Waals surface area contributed by atoms with Gasteiger partial charge in [0.15, 0.2) is 0 Å². The van der Waals surface area contributed by atoms with Crippen molar-refractivity contribution < 1.29 is 0 Å². The van der Waals surface area contributed by atoms with Crippen molar-refractivity contribution in [2.45, 2.75) is 18.5 Å². The van der Waals surface area contributed by atoms with Gasteiger partial charge in [-0.2, -0.15) is 5.26 Å². The third kappa shape index (κ3) is 1.76. The third-order valence-electron chi connectivity index (χ3n) is 2.06. The first-order valence-corrected chi connectivity index (χ1v) is 4.18. The molecule has 0 aliphatic heterocycles. The second-order valence-electron chi connectivity index (χ2n) is 3.19. The molecule has 1 fully saturated rings. The van der Waals surface area contributed by atoms with Gasteiger partial charge in [0.1, 0.15) is 5.82 Å². The summed E-state index contributed by atoms with van der Waals surface area (Å²) in [7, 11) is 0. The number of hydrogen-bond acceptors (Lipinski definition) is 4. The summed E-state index contributed by atoms with van der Waals surface area (Å²) in [5.41, 5.74) is 6.25. The first-order valence-electron chi connectivity index (χ1n) is 4.18. The number of rotatable bonds is 2. The van der Waals surface area contributed by atoms with E-state index in [0.717, 1.165) is 12.2 Å². The van der Waals surface area contributed by atoms with Gasteiger partial charge >= 0.3 is 0 Å². The summed E-state index contributed by atoms with van der Waals surface area (Å²) in [4.78, 5) is 4.08. The van der Waals surface area contributed by atoms with E-state index in [0.29, 0.717) is 11.6 Å². The number of aromatic nitrogens is 1. The normalized spacial score (nSPS) is 24.9. The molecule has 3 N–H and O–H groups in total. The zero-order valence-corrected chi connectivity index (χ0v) is 7.07. The second-order valence-corrected chi connectivity index (χ2v) is 3.19. The van der Waals surface area contributed by atoms with Gasteiger partial charge in [0.25, 0.3) is 0 Å². The fourth-order valence-electron chi connectivity index (χ4n) is 1.15. The van der Waals surface area contributed by atoms with E-state index in [1.54, 1.807) is 18.3 Å². The van der Waals surface area contributed by atoms with E-state index in [-0.39, 0.29) is 6.04 Å². The summed E-state index contributed by atoms with van der Waals surface area (Å²) in [5, 5.41) is 11.8. The SMILES string of the molecule is N#Cc1ccnc(NC2CC2N)c1. The number of anilines is 1. The van der Waals surface area contributed by atoms with E-state index < -0.39 is 0 Å². The minimum absolute atomic E-state index is 0.243. The Morgan fingerprint density at radius 1 is 1.69 bits per heavy atom. The molecule has 2 rings (SSSR count). The van der Waals surface area contributed by atoms with Gasteiger partial charge in [0.05, 0.1) is 11.6 Å². The van der Waals surface area contributed by atoms with Crippen molar-refractivity contribution in [1.29, 1.82) is 5.26 Å². The summed E-state index contributed by atoms with van der Waals surface area (Å²) in [5.74, 6) is 0.733. The molecule has 0 spiro atoms. The van der Waals surface area contributed by atoms with Crippen LogP contribution < -0.4 is 11.1 Å². The smallest absolute Gasteiger partial charge is 0.127 e. The molecule has 66 valence electrons. The maximum absolute atomic E-state index is 8.63. The number of pyridine rings is 1. The largest absolute Gasteiger partial charge is 0.366 e. The fourth-order valence-corrected chi connectivity index (χ4v) is 1.15. The van der Waals surface area contributed by atoms with E-state index in [1.807, 2.05) is 0 Å². The van der Waals surface area contributed by atoms with Crippen LogP contribution >= 0.6 is 0 Å². The molecule has 0 aromatic carbocycles. The Bertz CT molecular complexity index is 355. The molecule has 0 radical (unpaired) electrons. The van der Waals surface area contributed by atoms with E-state index in [1.165, 1.54) is 0 Å². The van der Waals surface area contributed by atoms with Crippen molar-refractivity contribution in [3.63, 3.8) is 0 Å². The van der Waals surface area contributed by atoms with Crippen LogP contribution in [0.4, 0.5) is 5.82 Å². The maximum atomic E-state index is 8.63. The van der Waals surface area contributed by atoms with Crippen LogP contribution in [0.3, 0.4) is 0 Å². The Hall–Kier alpha value is -1.60. The molecule has 1 aromatic rings. The van der Waals surface area contributed by atoms with Crippen molar-refractivity contribution >= 4 is 5.82 Å². The van der Waals surface area contributed by atoms with E-state index in [2.05, 4.69) is 16.4 Å². The molecule has 2 unspecified atom stereocenters. The van der Waals surface area contributed by atoms with Gasteiger partial charge in [-0.3, -0.25) is 0 Å². The predicted molar refractivity (Wildman–Crippen MR) is 49.0 cm³/mol. The molecule has 4 heteroatoms. The minimum Gasteiger partial charge on any atom is -0.366 e. The lowest BCUT2D eigenvalue weighted by Gasteiger charge is -2.02. The van der Waals surface area contributed by atoms with Gasteiger partial charge in [-0.25, -0.2) is 4.98 Å². The predicted octanol–water partition coefficient (Wildman–Crippen LogP) is 0.465. The molecule has 1 aromatic heterocycles. The molecule has 1 heterocycles. The quantitative estimate of drug-likeness (QED) is 0.683. The Balaban J connectivity index is 2.08. The number of nitrogens with one attached hydrogen (secondary N) is 1. The van der Waals surface area contributed by atoms with Crippen molar-refractivity contribution in [2.75, 3.05) is 5.32 Å². The molecular formula is C9H10N4. The Kier molecular flexibility index (Phi) is 1.87. The Labute approximate surface area is 76.4 Å². The molecule has 13 heavy (non-hydrogen) atoms. The van der Waals surface area contributed by atoms with E-state index in [4.69, 9.17) is 11.0 Å². The van der Waals surface area contributed by atoms with Gasteiger partial charge in [0, 0.05) is 18.3 Å². The number of nitrogens with two attached hydrogens (primary N) is 1. The molecule has 0 amide bonds. The average Bonchev–Trinajstić information content (AvgIpc) is 2.82. The Morgan fingerprint density at radius 2 is 2.46 bits per heavy atom. The molecular weight excluding hydrogens is 164 g/mol. The number of nitrogens with zero attached hydrogens (tertiary/aromatic N) is 2. The number of nitriles is 1. The lowest BCUT2D eigenvalue weighted by atomic mass is 10.3. The molecule has 0 bridgehead atoms. The first-order chi connectivity index (χ1) is 6.29. The lowest BCUT2D eigenvalue weighted by Crippen LogP contribution is -2.13. The molecule has 2 atom stereocenters. The zero-order chi connectivity index (χ0) is 9.26. The Morgan fingerprint density at radius 3 is 3.08 bits per heavy atom. The second kappa shape index (κ2) is 3.04. The molecule has 0 saturated heterocycles. The van der Waals surface area contributed by atoms with Gasteiger partial charge in [-0.05, 0) is 18.6 Å². The van der Waals surface area contributed by atoms with E-state index in [9.17, 15) is 0 Å². The fraction of sp³-hybridized carbons (Fsp3) is 0.333. The van der Waals surface area contributed by atoms with Crippen LogP contribution in [-0.2, 0) is 0 Å². The summed E-state index contributed by atoms with van der Waals surface area (Å²) < 4.78 is 0.